The van der Waals surface area contributed by atoms with E-state index in [4.69, 9.17) is 22.1 Å². The molecule has 0 aliphatic rings. The Morgan fingerprint density at radius 3 is 2.83 bits per heavy atom. The summed E-state index contributed by atoms with van der Waals surface area (Å²) in [6.45, 7) is 0.135. The van der Waals surface area contributed by atoms with Crippen LogP contribution in [0.4, 0.5) is 4.39 Å². The molecule has 1 amide bonds. The molecule has 122 valence electrons. The van der Waals surface area contributed by atoms with Gasteiger partial charge in [-0.15, -0.1) is 0 Å². The molecule has 0 radical (unpaired) electrons. The van der Waals surface area contributed by atoms with Crippen LogP contribution in [-0.2, 0) is 6.61 Å². The van der Waals surface area contributed by atoms with Crippen LogP contribution in [0.2, 0.25) is 5.02 Å². The van der Waals surface area contributed by atoms with Crippen LogP contribution in [0.5, 0.6) is 5.75 Å². The van der Waals surface area contributed by atoms with E-state index >= 15 is 0 Å². The minimum atomic E-state index is -0.727. The standard InChI is InChI=1S/C16H12ClFN4O2/c17-10-4-5-13(24-8-9-2-1-3-11(18)6-9)12(7-10)14-15(16(19)23)21-22-20-14/h1-7H,8H2,(H2,19,23)(H,20,21,22). The van der Waals surface area contributed by atoms with Crippen molar-refractivity contribution < 1.29 is 13.9 Å². The summed E-state index contributed by atoms with van der Waals surface area (Å²) in [6, 6.07) is 10.9. The monoisotopic (exact) mass is 346 g/mol. The molecule has 1 aromatic heterocycles. The smallest absolute Gasteiger partial charge is 0.271 e. The highest BCUT2D eigenvalue weighted by atomic mass is 35.5. The first-order valence-corrected chi connectivity index (χ1v) is 7.30. The van der Waals surface area contributed by atoms with Crippen molar-refractivity contribution in [2.45, 2.75) is 6.61 Å². The topological polar surface area (TPSA) is 93.9 Å². The number of aromatic nitrogens is 3. The molecule has 3 aromatic rings. The highest BCUT2D eigenvalue weighted by Crippen LogP contribution is 2.33. The predicted molar refractivity (Wildman–Crippen MR) is 86.1 cm³/mol. The number of hydrogen-bond donors (Lipinski definition) is 2. The maximum Gasteiger partial charge on any atom is 0.271 e. The zero-order valence-electron chi connectivity index (χ0n) is 12.3. The van der Waals surface area contributed by atoms with Crippen LogP contribution in [0.25, 0.3) is 11.3 Å². The molecule has 3 N–H and O–H groups in total. The van der Waals surface area contributed by atoms with Crippen molar-refractivity contribution >= 4 is 17.5 Å². The fraction of sp³-hybridized carbons (Fsp3) is 0.0625. The van der Waals surface area contributed by atoms with E-state index in [0.717, 1.165) is 0 Å². The van der Waals surface area contributed by atoms with Gasteiger partial charge in [0.1, 0.15) is 23.9 Å². The average Bonchev–Trinajstić information content (AvgIpc) is 3.03. The van der Waals surface area contributed by atoms with Gasteiger partial charge in [-0.3, -0.25) is 4.79 Å². The Labute approximate surface area is 141 Å². The van der Waals surface area contributed by atoms with E-state index in [1.807, 2.05) is 0 Å². The number of aromatic amines is 1. The Hall–Kier alpha value is -2.93. The maximum absolute atomic E-state index is 13.2. The highest BCUT2D eigenvalue weighted by Gasteiger charge is 2.19. The molecule has 0 saturated carbocycles. The van der Waals surface area contributed by atoms with Crippen molar-refractivity contribution in [2.24, 2.45) is 5.73 Å². The van der Waals surface area contributed by atoms with Crippen LogP contribution >= 0.6 is 11.6 Å². The molecule has 0 fully saturated rings. The summed E-state index contributed by atoms with van der Waals surface area (Å²) in [5.74, 6) is -0.658. The van der Waals surface area contributed by atoms with Crippen molar-refractivity contribution in [1.29, 1.82) is 0 Å². The van der Waals surface area contributed by atoms with Crippen LogP contribution in [0.3, 0.4) is 0 Å². The van der Waals surface area contributed by atoms with Gasteiger partial charge in [-0.1, -0.05) is 23.7 Å². The third-order valence-corrected chi connectivity index (χ3v) is 3.50. The molecular formula is C16H12ClFN4O2. The minimum absolute atomic E-state index is 0.0205. The summed E-state index contributed by atoms with van der Waals surface area (Å²) in [5.41, 5.74) is 6.62. The fourth-order valence-electron chi connectivity index (χ4n) is 2.19. The lowest BCUT2D eigenvalue weighted by atomic mass is 10.1. The number of nitrogens with two attached hydrogens (primary N) is 1. The quantitative estimate of drug-likeness (QED) is 0.742. The Kier molecular flexibility index (Phi) is 4.43. The Bertz CT molecular complexity index is 897. The lowest BCUT2D eigenvalue weighted by molar-refractivity contribution is 0.0996. The molecule has 0 aliphatic carbocycles. The number of hydrogen-bond acceptors (Lipinski definition) is 4. The first kappa shape index (κ1) is 15.9. The maximum atomic E-state index is 13.2. The van der Waals surface area contributed by atoms with Crippen molar-refractivity contribution in [1.82, 2.24) is 15.4 Å². The van der Waals surface area contributed by atoms with Crippen molar-refractivity contribution in [3.05, 3.63) is 64.6 Å². The van der Waals surface area contributed by atoms with E-state index in [1.54, 1.807) is 30.3 Å². The molecule has 8 heteroatoms. The fourth-order valence-corrected chi connectivity index (χ4v) is 2.36. The van der Waals surface area contributed by atoms with Gasteiger partial charge in [-0.05, 0) is 35.9 Å². The normalized spacial score (nSPS) is 10.6. The first-order valence-electron chi connectivity index (χ1n) is 6.92. The number of benzene rings is 2. The highest BCUT2D eigenvalue weighted by molar-refractivity contribution is 6.31. The van der Waals surface area contributed by atoms with Gasteiger partial charge in [-0.25, -0.2) is 4.39 Å². The number of primary amides is 1. The van der Waals surface area contributed by atoms with E-state index < -0.39 is 5.91 Å². The number of halogens is 2. The van der Waals surface area contributed by atoms with Crippen molar-refractivity contribution in [3.8, 4) is 17.0 Å². The number of nitrogens with zero attached hydrogens (tertiary/aromatic N) is 2. The molecule has 1 heterocycles. The van der Waals surface area contributed by atoms with Crippen molar-refractivity contribution in [2.75, 3.05) is 0 Å². The summed E-state index contributed by atoms with van der Waals surface area (Å²) in [7, 11) is 0. The van der Waals surface area contributed by atoms with E-state index in [0.29, 0.717) is 21.9 Å². The first-order chi connectivity index (χ1) is 11.5. The molecule has 0 aliphatic heterocycles. The zero-order chi connectivity index (χ0) is 17.1. The molecule has 24 heavy (non-hydrogen) atoms. The number of nitrogens with one attached hydrogen (secondary N) is 1. The van der Waals surface area contributed by atoms with Crippen LogP contribution < -0.4 is 10.5 Å². The molecule has 0 atom stereocenters. The van der Waals surface area contributed by atoms with Gasteiger partial charge < -0.3 is 10.5 Å². The van der Waals surface area contributed by atoms with E-state index in [2.05, 4.69) is 15.4 Å². The third kappa shape index (κ3) is 3.36. The second-order valence-corrected chi connectivity index (χ2v) is 5.38. The van der Waals surface area contributed by atoms with Gasteiger partial charge in [0, 0.05) is 10.6 Å². The van der Waals surface area contributed by atoms with Gasteiger partial charge >= 0.3 is 0 Å². The Morgan fingerprint density at radius 2 is 2.08 bits per heavy atom. The zero-order valence-corrected chi connectivity index (χ0v) is 13.0. The predicted octanol–water partition coefficient (Wildman–Crippen LogP) is 2.94. The van der Waals surface area contributed by atoms with E-state index in [-0.39, 0.29) is 23.8 Å². The largest absolute Gasteiger partial charge is 0.488 e. The second-order valence-electron chi connectivity index (χ2n) is 4.94. The Balaban J connectivity index is 1.94. The number of rotatable bonds is 5. The molecule has 3 rings (SSSR count). The minimum Gasteiger partial charge on any atom is -0.488 e. The van der Waals surface area contributed by atoms with Crippen molar-refractivity contribution in [3.63, 3.8) is 0 Å². The van der Waals surface area contributed by atoms with E-state index in [9.17, 15) is 9.18 Å². The molecule has 0 saturated heterocycles. The molecule has 2 aromatic carbocycles. The van der Waals surface area contributed by atoms with Crippen LogP contribution in [0.1, 0.15) is 16.1 Å². The van der Waals surface area contributed by atoms with Crippen LogP contribution in [0.15, 0.2) is 42.5 Å². The SMILES string of the molecule is NC(=O)c1n[nH]nc1-c1cc(Cl)ccc1OCc1cccc(F)c1. The van der Waals surface area contributed by atoms with Gasteiger partial charge in [0.05, 0.1) is 0 Å². The van der Waals surface area contributed by atoms with Gasteiger partial charge in [0.15, 0.2) is 5.69 Å². The van der Waals surface area contributed by atoms with Gasteiger partial charge in [-0.2, -0.15) is 15.4 Å². The number of amides is 1. The average molecular weight is 347 g/mol. The number of carbonyl (C=O) groups excluding carboxylic acids is 1. The van der Waals surface area contributed by atoms with Gasteiger partial charge in [0.25, 0.3) is 5.91 Å². The molecule has 6 nitrogen and oxygen atoms in total. The second kappa shape index (κ2) is 6.67. The lowest BCUT2D eigenvalue weighted by Crippen LogP contribution is -2.13. The summed E-state index contributed by atoms with van der Waals surface area (Å²) in [4.78, 5) is 11.5. The number of carbonyl (C=O) groups is 1. The molecular weight excluding hydrogens is 335 g/mol. The molecule has 0 spiro atoms. The third-order valence-electron chi connectivity index (χ3n) is 3.26. The summed E-state index contributed by atoms with van der Waals surface area (Å²) in [6.07, 6.45) is 0. The molecule has 0 unspecified atom stereocenters. The molecule has 0 bridgehead atoms. The summed E-state index contributed by atoms with van der Waals surface area (Å²) >= 11 is 6.02. The van der Waals surface area contributed by atoms with Gasteiger partial charge in [0.2, 0.25) is 0 Å². The number of ether oxygens (including phenoxy) is 1. The summed E-state index contributed by atoms with van der Waals surface area (Å²) in [5, 5.41) is 10.5. The summed E-state index contributed by atoms with van der Waals surface area (Å²) < 4.78 is 19.0. The lowest BCUT2D eigenvalue weighted by Gasteiger charge is -2.11. The number of H-pyrrole nitrogens is 1. The van der Waals surface area contributed by atoms with E-state index in [1.165, 1.54) is 12.1 Å². The Morgan fingerprint density at radius 1 is 1.25 bits per heavy atom. The van der Waals surface area contributed by atoms with Crippen LogP contribution in [0, 0.1) is 5.82 Å². The van der Waals surface area contributed by atoms with Crippen LogP contribution in [-0.4, -0.2) is 21.3 Å².